The lowest BCUT2D eigenvalue weighted by atomic mass is 10.1. The third-order valence-electron chi connectivity index (χ3n) is 3.36. The highest BCUT2D eigenvalue weighted by atomic mass is 16.5. The summed E-state index contributed by atoms with van der Waals surface area (Å²) in [5, 5.41) is 6.62. The van der Waals surface area contributed by atoms with Crippen molar-refractivity contribution in [3.8, 4) is 5.82 Å². The lowest BCUT2D eigenvalue weighted by molar-refractivity contribution is 0.0941. The van der Waals surface area contributed by atoms with Crippen molar-refractivity contribution in [1.82, 2.24) is 25.0 Å². The summed E-state index contributed by atoms with van der Waals surface area (Å²) in [6, 6.07) is 5.41. The van der Waals surface area contributed by atoms with E-state index >= 15 is 0 Å². The van der Waals surface area contributed by atoms with Crippen LogP contribution in [-0.2, 0) is 6.54 Å². The second-order valence-corrected chi connectivity index (χ2v) is 5.44. The number of amides is 1. The molecule has 3 heterocycles. The second kappa shape index (κ2) is 6.43. The third-order valence-corrected chi connectivity index (χ3v) is 3.36. The van der Waals surface area contributed by atoms with Crippen molar-refractivity contribution in [1.29, 1.82) is 0 Å². The van der Waals surface area contributed by atoms with Crippen LogP contribution in [-0.4, -0.2) is 25.6 Å². The Morgan fingerprint density at radius 3 is 2.91 bits per heavy atom. The van der Waals surface area contributed by atoms with Gasteiger partial charge in [-0.3, -0.25) is 9.36 Å². The molecule has 0 spiro atoms. The Morgan fingerprint density at radius 2 is 2.22 bits per heavy atom. The Balaban J connectivity index is 1.66. The van der Waals surface area contributed by atoms with Gasteiger partial charge < -0.3 is 9.84 Å². The molecule has 0 bridgehead atoms. The molecule has 0 aliphatic carbocycles. The lowest BCUT2D eigenvalue weighted by Crippen LogP contribution is -2.23. The smallest absolute Gasteiger partial charge is 0.273 e. The van der Waals surface area contributed by atoms with Crippen LogP contribution in [0, 0.1) is 0 Å². The van der Waals surface area contributed by atoms with E-state index in [0.717, 1.165) is 11.4 Å². The standard InChI is InChI=1S/C16H17N5O2/c1-11(2)14-8-13(20-23-14)16(22)19-9-12-3-4-18-15(7-12)21-6-5-17-10-21/h3-8,10-11H,9H2,1-2H3,(H,19,22). The van der Waals surface area contributed by atoms with Crippen molar-refractivity contribution in [2.75, 3.05) is 0 Å². The molecule has 0 saturated heterocycles. The van der Waals surface area contributed by atoms with Gasteiger partial charge in [0.05, 0.1) is 0 Å². The van der Waals surface area contributed by atoms with Crippen LogP contribution in [0.1, 0.15) is 41.6 Å². The number of hydrogen-bond acceptors (Lipinski definition) is 5. The van der Waals surface area contributed by atoms with Crippen molar-refractivity contribution in [3.63, 3.8) is 0 Å². The number of imidazole rings is 1. The summed E-state index contributed by atoms with van der Waals surface area (Å²) in [7, 11) is 0. The van der Waals surface area contributed by atoms with Crippen molar-refractivity contribution < 1.29 is 9.32 Å². The van der Waals surface area contributed by atoms with E-state index in [-0.39, 0.29) is 17.5 Å². The molecule has 0 saturated carbocycles. The highest BCUT2D eigenvalue weighted by molar-refractivity contribution is 5.92. The van der Waals surface area contributed by atoms with Crippen molar-refractivity contribution in [3.05, 3.63) is 60.1 Å². The van der Waals surface area contributed by atoms with Gasteiger partial charge in [0.1, 0.15) is 17.9 Å². The predicted molar refractivity (Wildman–Crippen MR) is 83.1 cm³/mol. The van der Waals surface area contributed by atoms with E-state index in [1.54, 1.807) is 29.4 Å². The molecule has 0 unspecified atom stereocenters. The minimum atomic E-state index is -0.262. The molecule has 3 rings (SSSR count). The average molecular weight is 311 g/mol. The summed E-state index contributed by atoms with van der Waals surface area (Å²) >= 11 is 0. The van der Waals surface area contributed by atoms with Gasteiger partial charge in [-0.15, -0.1) is 0 Å². The fourth-order valence-electron chi connectivity index (χ4n) is 2.05. The molecular weight excluding hydrogens is 294 g/mol. The molecule has 3 aromatic heterocycles. The SMILES string of the molecule is CC(C)c1cc(C(=O)NCc2ccnc(-n3ccnc3)c2)no1. The highest BCUT2D eigenvalue weighted by Gasteiger charge is 2.14. The number of aromatic nitrogens is 4. The van der Waals surface area contributed by atoms with Crippen LogP contribution in [0.4, 0.5) is 0 Å². The molecule has 0 fully saturated rings. The number of pyridine rings is 1. The van der Waals surface area contributed by atoms with E-state index in [2.05, 4.69) is 20.4 Å². The monoisotopic (exact) mass is 311 g/mol. The van der Waals surface area contributed by atoms with E-state index in [1.807, 2.05) is 32.2 Å². The summed E-state index contributed by atoms with van der Waals surface area (Å²) in [4.78, 5) is 20.4. The summed E-state index contributed by atoms with van der Waals surface area (Å²) in [5.41, 5.74) is 1.22. The number of nitrogens with one attached hydrogen (secondary N) is 1. The molecule has 0 radical (unpaired) electrons. The average Bonchev–Trinajstić information content (AvgIpc) is 3.24. The van der Waals surface area contributed by atoms with Crippen LogP contribution in [0.15, 0.2) is 47.6 Å². The van der Waals surface area contributed by atoms with Crippen molar-refractivity contribution in [2.45, 2.75) is 26.3 Å². The van der Waals surface area contributed by atoms with Gasteiger partial charge in [-0.25, -0.2) is 9.97 Å². The Bertz CT molecular complexity index is 792. The quantitative estimate of drug-likeness (QED) is 0.781. The van der Waals surface area contributed by atoms with E-state index in [4.69, 9.17) is 4.52 Å². The van der Waals surface area contributed by atoms with Crippen LogP contribution in [0.3, 0.4) is 0 Å². The minimum absolute atomic E-state index is 0.196. The minimum Gasteiger partial charge on any atom is -0.360 e. The zero-order valence-corrected chi connectivity index (χ0v) is 12.9. The van der Waals surface area contributed by atoms with E-state index in [0.29, 0.717) is 12.3 Å². The van der Waals surface area contributed by atoms with Gasteiger partial charge in [0.15, 0.2) is 5.69 Å². The summed E-state index contributed by atoms with van der Waals surface area (Å²) in [6.45, 7) is 4.35. The first-order valence-electron chi connectivity index (χ1n) is 7.31. The number of carbonyl (C=O) groups is 1. The van der Waals surface area contributed by atoms with Crippen LogP contribution in [0.2, 0.25) is 0 Å². The topological polar surface area (TPSA) is 85.8 Å². The molecule has 0 aliphatic heterocycles. The summed E-state index contributed by atoms with van der Waals surface area (Å²) in [6.07, 6.45) is 6.87. The molecule has 1 amide bonds. The van der Waals surface area contributed by atoms with Crippen LogP contribution < -0.4 is 5.32 Å². The Labute approximate surface area is 133 Å². The fourth-order valence-corrected chi connectivity index (χ4v) is 2.05. The van der Waals surface area contributed by atoms with Gasteiger partial charge >= 0.3 is 0 Å². The van der Waals surface area contributed by atoms with E-state index < -0.39 is 0 Å². The van der Waals surface area contributed by atoms with Gasteiger partial charge in [0.25, 0.3) is 5.91 Å². The van der Waals surface area contributed by atoms with Gasteiger partial charge in [-0.1, -0.05) is 19.0 Å². The normalized spacial score (nSPS) is 10.9. The maximum absolute atomic E-state index is 12.1. The predicted octanol–water partition coefficient (Wildman–Crippen LogP) is 2.31. The van der Waals surface area contributed by atoms with E-state index in [1.165, 1.54) is 0 Å². The Hall–Kier alpha value is -2.96. The third kappa shape index (κ3) is 3.45. The number of rotatable bonds is 5. The summed E-state index contributed by atoms with van der Waals surface area (Å²) < 4.78 is 6.94. The van der Waals surface area contributed by atoms with Crippen LogP contribution in [0.25, 0.3) is 5.82 Å². The molecule has 118 valence electrons. The molecule has 0 atom stereocenters. The number of nitrogens with zero attached hydrogens (tertiary/aromatic N) is 4. The maximum Gasteiger partial charge on any atom is 0.273 e. The first kappa shape index (κ1) is 15.0. The van der Waals surface area contributed by atoms with Gasteiger partial charge in [0, 0.05) is 37.1 Å². The lowest BCUT2D eigenvalue weighted by Gasteiger charge is -2.06. The van der Waals surface area contributed by atoms with Crippen molar-refractivity contribution >= 4 is 5.91 Å². The highest BCUT2D eigenvalue weighted by Crippen LogP contribution is 2.15. The molecule has 7 heteroatoms. The van der Waals surface area contributed by atoms with E-state index in [9.17, 15) is 4.79 Å². The number of carbonyl (C=O) groups excluding carboxylic acids is 1. The zero-order chi connectivity index (χ0) is 16.2. The first-order valence-corrected chi connectivity index (χ1v) is 7.31. The molecule has 7 nitrogen and oxygen atoms in total. The summed E-state index contributed by atoms with van der Waals surface area (Å²) in [5.74, 6) is 1.38. The molecule has 1 N–H and O–H groups in total. The van der Waals surface area contributed by atoms with Gasteiger partial charge in [-0.05, 0) is 17.7 Å². The Morgan fingerprint density at radius 1 is 1.35 bits per heavy atom. The van der Waals surface area contributed by atoms with Gasteiger partial charge in [0.2, 0.25) is 0 Å². The van der Waals surface area contributed by atoms with Crippen molar-refractivity contribution in [2.24, 2.45) is 0 Å². The maximum atomic E-state index is 12.1. The molecule has 0 aliphatic rings. The first-order chi connectivity index (χ1) is 11.1. The van der Waals surface area contributed by atoms with Crippen LogP contribution in [0.5, 0.6) is 0 Å². The van der Waals surface area contributed by atoms with Gasteiger partial charge in [-0.2, -0.15) is 0 Å². The molecular formula is C16H17N5O2. The second-order valence-electron chi connectivity index (χ2n) is 5.44. The largest absolute Gasteiger partial charge is 0.360 e. The van der Waals surface area contributed by atoms with Crippen LogP contribution >= 0.6 is 0 Å². The fraction of sp³-hybridized carbons (Fsp3) is 0.250. The zero-order valence-electron chi connectivity index (χ0n) is 12.9. The Kier molecular flexibility index (Phi) is 4.18. The molecule has 0 aromatic carbocycles. The number of hydrogen-bond donors (Lipinski definition) is 1. The molecule has 3 aromatic rings. The molecule has 23 heavy (non-hydrogen) atoms.